The fourth-order valence-corrected chi connectivity index (χ4v) is 5.76. The number of phosphoric acid groups is 1. The molecule has 0 aromatic heterocycles. The van der Waals surface area contributed by atoms with Crippen molar-refractivity contribution in [1.82, 2.24) is 0 Å². The van der Waals surface area contributed by atoms with Crippen LogP contribution in [0.5, 0.6) is 0 Å². The summed E-state index contributed by atoms with van der Waals surface area (Å²) in [7, 11) is -4.76. The average Bonchev–Trinajstić information content (AvgIpc) is 3.05. The van der Waals surface area contributed by atoms with Crippen molar-refractivity contribution in [3.8, 4) is 0 Å². The van der Waals surface area contributed by atoms with Crippen LogP contribution in [-0.4, -0.2) is 50.2 Å². The van der Waals surface area contributed by atoms with Gasteiger partial charge >= 0.3 is 5.97 Å². The van der Waals surface area contributed by atoms with Crippen molar-refractivity contribution in [1.29, 1.82) is 0 Å². The van der Waals surface area contributed by atoms with Gasteiger partial charge in [0.2, 0.25) is 0 Å². The van der Waals surface area contributed by atoms with Crippen LogP contribution in [0.2, 0.25) is 0 Å². The highest BCUT2D eigenvalue weighted by Gasteiger charge is 2.13. The molecule has 0 aromatic carbocycles. The van der Waals surface area contributed by atoms with E-state index in [0.29, 0.717) is 19.6 Å². The zero-order valence-electron chi connectivity index (χ0n) is 30.7. The molecular weight excluding hydrogens is 617 g/mol. The molecule has 9 nitrogen and oxygen atoms in total. The zero-order chi connectivity index (χ0) is 35.1. The van der Waals surface area contributed by atoms with Gasteiger partial charge in [0.05, 0.1) is 27.6 Å². The first-order chi connectivity index (χ1) is 22.8. The van der Waals surface area contributed by atoms with E-state index in [1.807, 2.05) is 0 Å². The largest absolute Gasteiger partial charge is 0.790 e. The van der Waals surface area contributed by atoms with E-state index in [9.17, 15) is 24.3 Å². The average molecular weight is 694 g/mol. The van der Waals surface area contributed by atoms with E-state index in [1.54, 1.807) is 0 Å². The van der Waals surface area contributed by atoms with Crippen LogP contribution in [0, 0.1) is 0 Å². The van der Waals surface area contributed by atoms with Crippen LogP contribution in [0.15, 0.2) is 0 Å². The first-order valence-corrected chi connectivity index (χ1v) is 21.0. The Morgan fingerprint density at radius 2 is 0.979 bits per heavy atom. The van der Waals surface area contributed by atoms with Crippen molar-refractivity contribution in [2.45, 2.75) is 200 Å². The number of carbonyl (C=O) groups is 1. The molecule has 0 amide bonds. The molecule has 0 heterocycles. The molecule has 0 aliphatic carbocycles. The van der Waals surface area contributed by atoms with Gasteiger partial charge in [-0.05, 0) is 12.8 Å². The summed E-state index contributed by atoms with van der Waals surface area (Å²) in [5.74, 6) is -0.197. The molecule has 0 bridgehead atoms. The summed E-state index contributed by atoms with van der Waals surface area (Å²) in [6.07, 6.45) is 35.6. The van der Waals surface area contributed by atoms with E-state index in [-0.39, 0.29) is 25.7 Å². The third-order valence-corrected chi connectivity index (χ3v) is 8.80. The van der Waals surface area contributed by atoms with Gasteiger partial charge in [0.25, 0.3) is 0 Å². The van der Waals surface area contributed by atoms with E-state index in [0.717, 1.165) is 19.3 Å². The summed E-state index contributed by atoms with van der Waals surface area (Å²) in [6.45, 7) is 5.18. The van der Waals surface area contributed by atoms with Gasteiger partial charge in [-0.1, -0.05) is 174 Å². The van der Waals surface area contributed by atoms with E-state index in [1.165, 1.54) is 154 Å². The van der Waals surface area contributed by atoms with E-state index in [2.05, 4.69) is 18.4 Å². The summed E-state index contributed by atoms with van der Waals surface area (Å²) in [5, 5.41) is 9.53. The molecule has 0 saturated carbocycles. The van der Waals surface area contributed by atoms with Crippen LogP contribution in [0.1, 0.15) is 194 Å². The normalized spacial score (nSPS) is 12.1. The van der Waals surface area contributed by atoms with Crippen LogP contribution in [-0.2, 0) is 23.4 Å². The second-order valence-electron chi connectivity index (χ2n) is 13.0. The molecular formula is C37H76NO8P-2. The highest BCUT2D eigenvalue weighted by molar-refractivity contribution is 7.43. The Labute approximate surface area is 290 Å². The molecule has 1 unspecified atom stereocenters. The lowest BCUT2D eigenvalue weighted by Crippen LogP contribution is -2.27. The Balaban J connectivity index is 0. The maximum Gasteiger partial charge on any atom is 0.306 e. The summed E-state index contributed by atoms with van der Waals surface area (Å²) in [5.41, 5.74) is 4.81. The Kier molecular flexibility index (Phi) is 41.2. The maximum absolute atomic E-state index is 12.1. The number of aliphatic hydroxyl groups is 1. The van der Waals surface area contributed by atoms with Crippen molar-refractivity contribution < 1.29 is 38.3 Å². The molecule has 0 spiro atoms. The molecule has 47 heavy (non-hydrogen) atoms. The third kappa shape index (κ3) is 45.5. The van der Waals surface area contributed by atoms with E-state index >= 15 is 0 Å². The van der Waals surface area contributed by atoms with Crippen LogP contribution in [0.25, 0.3) is 0 Å². The van der Waals surface area contributed by atoms with Gasteiger partial charge in [-0.25, -0.2) is 0 Å². The van der Waals surface area contributed by atoms with Crippen molar-refractivity contribution in [3.63, 3.8) is 0 Å². The molecule has 284 valence electrons. The van der Waals surface area contributed by atoms with Crippen molar-refractivity contribution >= 4 is 13.8 Å². The number of ether oxygens (including phenoxy) is 2. The molecule has 10 heteroatoms. The van der Waals surface area contributed by atoms with Gasteiger partial charge in [-0.2, -0.15) is 0 Å². The lowest BCUT2D eigenvalue weighted by molar-refractivity contribution is -0.341. The predicted molar refractivity (Wildman–Crippen MR) is 191 cm³/mol. The van der Waals surface area contributed by atoms with Crippen molar-refractivity contribution in [2.75, 3.05) is 33.0 Å². The fourth-order valence-electron chi connectivity index (χ4n) is 5.43. The van der Waals surface area contributed by atoms with Gasteiger partial charge in [0.15, 0.2) is 0 Å². The molecule has 0 rings (SSSR count). The number of carbonyl (C=O) groups excluding carboxylic acids is 1. The number of nitrogens with two attached hydrogens (primary N) is 1. The Bertz CT molecular complexity index is 664. The smallest absolute Gasteiger partial charge is 0.306 e. The number of rotatable bonds is 36. The van der Waals surface area contributed by atoms with Gasteiger partial charge in [0, 0.05) is 19.6 Å². The number of hydrogen-bond donors (Lipinski definition) is 2. The van der Waals surface area contributed by atoms with E-state index in [4.69, 9.17) is 15.2 Å². The van der Waals surface area contributed by atoms with Crippen LogP contribution in [0.3, 0.4) is 0 Å². The molecule has 0 radical (unpaired) electrons. The van der Waals surface area contributed by atoms with Gasteiger partial charge < -0.3 is 39.2 Å². The Morgan fingerprint density at radius 3 is 1.30 bits per heavy atom. The summed E-state index contributed by atoms with van der Waals surface area (Å²) < 4.78 is 24.4. The molecule has 0 aromatic rings. The van der Waals surface area contributed by atoms with Crippen LogP contribution >= 0.6 is 7.82 Å². The minimum Gasteiger partial charge on any atom is -0.790 e. The summed E-state index contributed by atoms with van der Waals surface area (Å²) in [4.78, 5) is 31.3. The lowest BCUT2D eigenvalue weighted by atomic mass is 10.0. The van der Waals surface area contributed by atoms with Crippen molar-refractivity contribution in [3.05, 3.63) is 0 Å². The Hall–Kier alpha value is -0.540. The van der Waals surface area contributed by atoms with Gasteiger partial charge in [0.1, 0.15) is 6.10 Å². The molecule has 0 saturated heterocycles. The molecule has 1 atom stereocenters. The number of aliphatic hydroxyl groups excluding tert-OH is 1. The summed E-state index contributed by atoms with van der Waals surface area (Å²) >= 11 is 0. The second-order valence-corrected chi connectivity index (χ2v) is 14.2. The molecule has 0 aliphatic rings. The number of hydrogen-bond acceptors (Lipinski definition) is 9. The number of phosphoric ester groups is 1. The predicted octanol–water partition coefficient (Wildman–Crippen LogP) is 8.66. The quantitative estimate of drug-likeness (QED) is 0.0373. The minimum absolute atomic E-state index is 0.0362. The Morgan fingerprint density at radius 1 is 0.617 bits per heavy atom. The van der Waals surface area contributed by atoms with Crippen LogP contribution < -0.4 is 15.5 Å². The fraction of sp³-hybridized carbons (Fsp3) is 0.973. The zero-order valence-corrected chi connectivity index (χ0v) is 31.6. The first-order valence-electron chi connectivity index (χ1n) is 19.5. The highest BCUT2D eigenvalue weighted by Crippen LogP contribution is 2.23. The van der Waals surface area contributed by atoms with Gasteiger partial charge in [-0.15, -0.1) is 0 Å². The highest BCUT2D eigenvalue weighted by atomic mass is 31.2. The van der Waals surface area contributed by atoms with E-state index < -0.39 is 13.9 Å². The monoisotopic (exact) mass is 694 g/mol. The molecule has 0 aliphatic heterocycles. The topological polar surface area (TPSA) is 154 Å². The second kappa shape index (κ2) is 39.9. The first kappa shape index (κ1) is 48.6. The standard InChI is InChI=1S/C35H70O4.C2H8NO4P/c1-3-5-7-9-11-13-15-17-19-21-23-25-27-29-31-38-33-34(32-36)39-35(37)30-28-26-24-22-20-18-16-14-12-10-8-6-4-2;3-1-2-7-8(4,5)6/h34,36H,3-33H2,1-2H3;1-3H2,(H2,4,5,6)/p-2. The molecule has 0 fully saturated rings. The minimum atomic E-state index is -4.76. The number of unbranched alkanes of at least 4 members (excludes halogenated alkanes) is 25. The number of esters is 1. The lowest BCUT2D eigenvalue weighted by Gasteiger charge is -2.27. The molecule has 3 N–H and O–H groups in total. The van der Waals surface area contributed by atoms with Crippen molar-refractivity contribution in [2.24, 2.45) is 5.73 Å². The SMILES string of the molecule is CCCCCCCCCCCCCCCCOCC(CO)OC(=O)CCCCCCCCCCCCCCC.NCCOP(=O)([O-])[O-]. The van der Waals surface area contributed by atoms with Crippen LogP contribution in [0.4, 0.5) is 0 Å². The third-order valence-electron chi connectivity index (χ3n) is 8.30. The maximum atomic E-state index is 12.1. The van der Waals surface area contributed by atoms with Gasteiger partial charge in [-0.3, -0.25) is 4.79 Å². The summed E-state index contributed by atoms with van der Waals surface area (Å²) in [6, 6.07) is 0.